The highest BCUT2D eigenvalue weighted by Gasteiger charge is 2.16. The largest absolute Gasteiger partial charge is 0.378 e. The summed E-state index contributed by atoms with van der Waals surface area (Å²) in [6, 6.07) is 4.12. The van der Waals surface area contributed by atoms with Crippen molar-refractivity contribution in [3.05, 3.63) is 33.9 Å². The van der Waals surface area contributed by atoms with E-state index in [2.05, 4.69) is 16.0 Å². The summed E-state index contributed by atoms with van der Waals surface area (Å²) in [7, 11) is 0. The number of rotatable bonds is 7. The number of carbonyl (C=O) groups excluding carboxylic acids is 2. The van der Waals surface area contributed by atoms with Crippen molar-refractivity contribution < 1.29 is 14.5 Å². The summed E-state index contributed by atoms with van der Waals surface area (Å²) in [6.07, 6.45) is 0. The number of nitro groups is 1. The molecule has 1 aromatic rings. The second kappa shape index (κ2) is 7.83. The molecule has 21 heavy (non-hydrogen) atoms. The van der Waals surface area contributed by atoms with E-state index in [0.29, 0.717) is 25.2 Å². The Morgan fingerprint density at radius 2 is 1.95 bits per heavy atom. The van der Waals surface area contributed by atoms with Crippen LogP contribution in [0.3, 0.4) is 0 Å². The average molecular weight is 294 g/mol. The molecule has 0 aromatic heterocycles. The summed E-state index contributed by atoms with van der Waals surface area (Å²) in [6.45, 7) is 4.30. The van der Waals surface area contributed by atoms with Crippen LogP contribution in [0.25, 0.3) is 0 Å². The van der Waals surface area contributed by atoms with Crippen LogP contribution < -0.4 is 16.0 Å². The van der Waals surface area contributed by atoms with Crippen molar-refractivity contribution in [3.8, 4) is 0 Å². The molecule has 0 fully saturated rings. The van der Waals surface area contributed by atoms with E-state index in [-0.39, 0.29) is 23.2 Å². The number of anilines is 1. The Hall–Kier alpha value is -2.64. The maximum Gasteiger partial charge on any atom is 0.292 e. The van der Waals surface area contributed by atoms with E-state index in [1.54, 1.807) is 6.92 Å². The molecule has 0 aliphatic rings. The molecule has 0 radical (unpaired) electrons. The van der Waals surface area contributed by atoms with Crippen LogP contribution in [-0.4, -0.2) is 36.4 Å². The molecular weight excluding hydrogens is 276 g/mol. The zero-order chi connectivity index (χ0) is 15.8. The molecule has 0 aliphatic heterocycles. The molecule has 0 unspecified atom stereocenters. The number of amides is 2. The number of carbonyl (C=O) groups is 2. The molecule has 0 saturated heterocycles. The van der Waals surface area contributed by atoms with Crippen molar-refractivity contribution in [3.63, 3.8) is 0 Å². The number of nitrogens with one attached hydrogen (secondary N) is 3. The fourth-order valence-corrected chi connectivity index (χ4v) is 1.68. The van der Waals surface area contributed by atoms with E-state index >= 15 is 0 Å². The quantitative estimate of drug-likeness (QED) is 0.392. The minimum Gasteiger partial charge on any atom is -0.378 e. The van der Waals surface area contributed by atoms with Gasteiger partial charge in [-0.1, -0.05) is 0 Å². The van der Waals surface area contributed by atoms with Crippen molar-refractivity contribution in [2.45, 2.75) is 13.8 Å². The Balaban J connectivity index is 2.86. The van der Waals surface area contributed by atoms with Crippen LogP contribution in [0, 0.1) is 10.1 Å². The lowest BCUT2D eigenvalue weighted by atomic mass is 10.1. The van der Waals surface area contributed by atoms with Crippen LogP contribution in [0.1, 0.15) is 24.2 Å². The summed E-state index contributed by atoms with van der Waals surface area (Å²) in [5, 5.41) is 19.0. The smallest absolute Gasteiger partial charge is 0.292 e. The Morgan fingerprint density at radius 3 is 2.52 bits per heavy atom. The van der Waals surface area contributed by atoms with Gasteiger partial charge < -0.3 is 16.0 Å². The highest BCUT2D eigenvalue weighted by atomic mass is 16.6. The second-order valence-electron chi connectivity index (χ2n) is 4.26. The second-order valence-corrected chi connectivity index (χ2v) is 4.26. The maximum atomic E-state index is 11.7. The van der Waals surface area contributed by atoms with Gasteiger partial charge in [-0.25, -0.2) is 0 Å². The minimum atomic E-state index is -0.526. The molecule has 0 atom stereocenters. The number of nitrogens with zero attached hydrogens (tertiary/aromatic N) is 1. The van der Waals surface area contributed by atoms with Gasteiger partial charge in [0.2, 0.25) is 5.91 Å². The van der Waals surface area contributed by atoms with Crippen LogP contribution in [0.4, 0.5) is 11.4 Å². The van der Waals surface area contributed by atoms with E-state index < -0.39 is 4.92 Å². The summed E-state index contributed by atoms with van der Waals surface area (Å²) < 4.78 is 0. The lowest BCUT2D eigenvalue weighted by Gasteiger charge is -2.09. The number of nitro benzene ring substituents is 1. The number of benzene rings is 1. The van der Waals surface area contributed by atoms with Crippen LogP contribution in [-0.2, 0) is 4.79 Å². The van der Waals surface area contributed by atoms with Gasteiger partial charge in [-0.05, 0) is 19.1 Å². The lowest BCUT2D eigenvalue weighted by molar-refractivity contribution is -0.384. The molecule has 2 amide bonds. The topological polar surface area (TPSA) is 113 Å². The lowest BCUT2D eigenvalue weighted by Crippen LogP contribution is -2.26. The third kappa shape index (κ3) is 5.09. The third-order valence-corrected chi connectivity index (χ3v) is 2.61. The molecule has 3 N–H and O–H groups in total. The van der Waals surface area contributed by atoms with Crippen LogP contribution in [0.5, 0.6) is 0 Å². The van der Waals surface area contributed by atoms with Crippen LogP contribution >= 0.6 is 0 Å². The van der Waals surface area contributed by atoms with Gasteiger partial charge in [-0.3, -0.25) is 19.7 Å². The van der Waals surface area contributed by atoms with Gasteiger partial charge in [0.25, 0.3) is 11.6 Å². The third-order valence-electron chi connectivity index (χ3n) is 2.61. The molecule has 1 aromatic carbocycles. The molecule has 8 nitrogen and oxygen atoms in total. The van der Waals surface area contributed by atoms with Crippen molar-refractivity contribution in [1.82, 2.24) is 10.6 Å². The Kier molecular flexibility index (Phi) is 6.12. The Labute approximate surface area is 122 Å². The van der Waals surface area contributed by atoms with E-state index in [4.69, 9.17) is 0 Å². The molecule has 1 rings (SSSR count). The molecule has 0 spiro atoms. The van der Waals surface area contributed by atoms with Crippen molar-refractivity contribution in [2.75, 3.05) is 25.0 Å². The first kappa shape index (κ1) is 16.4. The molecule has 0 bridgehead atoms. The molecule has 0 saturated carbocycles. The van der Waals surface area contributed by atoms with Crippen molar-refractivity contribution in [2.24, 2.45) is 0 Å². The molecule has 8 heteroatoms. The van der Waals surface area contributed by atoms with Crippen LogP contribution in [0.2, 0.25) is 0 Å². The van der Waals surface area contributed by atoms with Gasteiger partial charge >= 0.3 is 0 Å². The average Bonchev–Trinajstić information content (AvgIpc) is 2.43. The summed E-state index contributed by atoms with van der Waals surface area (Å²) >= 11 is 0. The minimum absolute atomic E-state index is 0.120. The summed E-state index contributed by atoms with van der Waals surface area (Å²) in [4.78, 5) is 32.9. The highest BCUT2D eigenvalue weighted by molar-refractivity contribution is 5.95. The molecular formula is C13H18N4O4. The molecule has 0 aliphatic carbocycles. The monoisotopic (exact) mass is 294 g/mol. The number of hydrogen-bond donors (Lipinski definition) is 3. The van der Waals surface area contributed by atoms with E-state index in [1.165, 1.54) is 25.1 Å². The highest BCUT2D eigenvalue weighted by Crippen LogP contribution is 2.25. The van der Waals surface area contributed by atoms with E-state index in [9.17, 15) is 19.7 Å². The first-order valence-corrected chi connectivity index (χ1v) is 6.50. The zero-order valence-corrected chi connectivity index (χ0v) is 11.9. The predicted molar refractivity (Wildman–Crippen MR) is 78.3 cm³/mol. The fourth-order valence-electron chi connectivity index (χ4n) is 1.68. The van der Waals surface area contributed by atoms with Gasteiger partial charge in [0.15, 0.2) is 0 Å². The van der Waals surface area contributed by atoms with Crippen LogP contribution in [0.15, 0.2) is 18.2 Å². The maximum absolute atomic E-state index is 11.7. The normalized spacial score (nSPS) is 9.81. The molecule has 0 heterocycles. The van der Waals surface area contributed by atoms with Crippen molar-refractivity contribution in [1.29, 1.82) is 0 Å². The van der Waals surface area contributed by atoms with Crippen molar-refractivity contribution >= 4 is 23.2 Å². The van der Waals surface area contributed by atoms with Gasteiger partial charge in [0, 0.05) is 38.2 Å². The van der Waals surface area contributed by atoms with Gasteiger partial charge in [0.1, 0.15) is 5.69 Å². The van der Waals surface area contributed by atoms with E-state index in [0.717, 1.165) is 0 Å². The first-order chi connectivity index (χ1) is 9.95. The number of hydrogen-bond acceptors (Lipinski definition) is 5. The van der Waals surface area contributed by atoms with Gasteiger partial charge in [0.05, 0.1) is 4.92 Å². The Morgan fingerprint density at radius 1 is 1.24 bits per heavy atom. The first-order valence-electron chi connectivity index (χ1n) is 6.50. The SMILES string of the molecule is CCNC(=O)c1ccc([N+](=O)[O-])c(NCCNC(C)=O)c1. The van der Waals surface area contributed by atoms with E-state index in [1.807, 2.05) is 0 Å². The van der Waals surface area contributed by atoms with Gasteiger partial charge in [-0.2, -0.15) is 0 Å². The standard InChI is InChI=1S/C13H18N4O4/c1-3-14-13(19)10-4-5-12(17(20)21)11(8-10)16-7-6-15-9(2)18/h4-5,8,16H,3,6-7H2,1-2H3,(H,14,19)(H,15,18). The van der Waals surface area contributed by atoms with Gasteiger partial charge in [-0.15, -0.1) is 0 Å². The zero-order valence-electron chi connectivity index (χ0n) is 11.9. The fraction of sp³-hybridized carbons (Fsp3) is 0.385. The Bertz CT molecular complexity index is 545. The predicted octanol–water partition coefficient (Wildman–Crippen LogP) is 0.892. The summed E-state index contributed by atoms with van der Waals surface area (Å²) in [5.41, 5.74) is 0.462. The molecule has 114 valence electrons. The summed E-state index contributed by atoms with van der Waals surface area (Å²) in [5.74, 6) is -0.473.